The third-order valence-corrected chi connectivity index (χ3v) is 1.08. The van der Waals surface area contributed by atoms with Crippen molar-refractivity contribution in [2.45, 2.75) is 26.4 Å². The molecule has 0 radical (unpaired) electrons. The van der Waals surface area contributed by atoms with Crippen LogP contribution in [-0.2, 0) is 0 Å². The summed E-state index contributed by atoms with van der Waals surface area (Å²) < 4.78 is 12.3. The smallest absolute Gasteiger partial charge is 0.116 e. The molecule has 0 heterocycles. The van der Waals surface area contributed by atoms with E-state index in [4.69, 9.17) is 5.26 Å². The number of nitriles is 1. The van der Waals surface area contributed by atoms with Crippen LogP contribution in [0.3, 0.4) is 0 Å². The van der Waals surface area contributed by atoms with E-state index in [1.54, 1.807) is 12.2 Å². The summed E-state index contributed by atoms with van der Waals surface area (Å²) in [6.45, 7) is 3.28. The summed E-state index contributed by atoms with van der Waals surface area (Å²) in [6, 6.07) is 1.97. The molecule has 0 aliphatic carbocycles. The molecule has 0 saturated heterocycles. The molecule has 0 N–H and O–H groups in total. The summed E-state index contributed by atoms with van der Waals surface area (Å²) in [7, 11) is 0. The molecule has 0 saturated carbocycles. The van der Waals surface area contributed by atoms with E-state index < -0.39 is 6.17 Å². The standard InChI is InChI=1S/C9H12FN/c1-8(7-9(2)10)5-3-4-6-11/h3,5,7,9H,4H2,1-2H3/b5-3-,8-7-. The van der Waals surface area contributed by atoms with Gasteiger partial charge in [-0.1, -0.05) is 17.7 Å². The van der Waals surface area contributed by atoms with E-state index in [2.05, 4.69) is 0 Å². The van der Waals surface area contributed by atoms with Gasteiger partial charge in [-0.3, -0.25) is 0 Å². The number of hydrogen-bond acceptors (Lipinski definition) is 1. The first-order valence-corrected chi connectivity index (χ1v) is 3.52. The van der Waals surface area contributed by atoms with Crippen molar-refractivity contribution in [3.63, 3.8) is 0 Å². The Balaban J connectivity index is 3.87. The molecule has 1 unspecified atom stereocenters. The van der Waals surface area contributed by atoms with Crippen molar-refractivity contribution in [2.75, 3.05) is 0 Å². The van der Waals surface area contributed by atoms with Crippen LogP contribution in [0.5, 0.6) is 0 Å². The second-order valence-electron chi connectivity index (χ2n) is 2.35. The van der Waals surface area contributed by atoms with Gasteiger partial charge in [0, 0.05) is 0 Å². The summed E-state index contributed by atoms with van der Waals surface area (Å²) in [5, 5.41) is 8.17. The molecule has 0 aromatic carbocycles. The zero-order valence-corrected chi connectivity index (χ0v) is 6.84. The van der Waals surface area contributed by atoms with Crippen molar-refractivity contribution in [2.24, 2.45) is 0 Å². The van der Waals surface area contributed by atoms with Crippen LogP contribution in [0.15, 0.2) is 23.8 Å². The number of halogens is 1. The Hall–Kier alpha value is -1.10. The fourth-order valence-corrected chi connectivity index (χ4v) is 0.715. The molecule has 60 valence electrons. The van der Waals surface area contributed by atoms with Gasteiger partial charge in [0.25, 0.3) is 0 Å². The van der Waals surface area contributed by atoms with Gasteiger partial charge in [0.2, 0.25) is 0 Å². The average molecular weight is 153 g/mol. The minimum atomic E-state index is -0.915. The maximum absolute atomic E-state index is 12.3. The summed E-state index contributed by atoms with van der Waals surface area (Å²) in [5.41, 5.74) is 0.857. The Labute approximate surface area is 66.8 Å². The predicted molar refractivity (Wildman–Crippen MR) is 43.7 cm³/mol. The van der Waals surface area contributed by atoms with Gasteiger partial charge < -0.3 is 0 Å². The fraction of sp³-hybridized carbons (Fsp3) is 0.444. The van der Waals surface area contributed by atoms with E-state index in [9.17, 15) is 4.39 Å². The summed E-state index contributed by atoms with van der Waals surface area (Å²) in [4.78, 5) is 0. The molecule has 2 heteroatoms. The monoisotopic (exact) mass is 153 g/mol. The molecule has 0 fully saturated rings. The topological polar surface area (TPSA) is 23.8 Å². The largest absolute Gasteiger partial charge is 0.243 e. The molecule has 0 amide bonds. The normalized spacial score (nSPS) is 14.9. The van der Waals surface area contributed by atoms with Gasteiger partial charge in [0.1, 0.15) is 6.17 Å². The highest BCUT2D eigenvalue weighted by Crippen LogP contribution is 2.00. The van der Waals surface area contributed by atoms with Crippen LogP contribution in [0, 0.1) is 11.3 Å². The first-order valence-electron chi connectivity index (χ1n) is 3.52. The van der Waals surface area contributed by atoms with Gasteiger partial charge in [-0.25, -0.2) is 4.39 Å². The lowest BCUT2D eigenvalue weighted by molar-refractivity contribution is 0.429. The number of alkyl halides is 1. The van der Waals surface area contributed by atoms with Crippen LogP contribution in [0.1, 0.15) is 20.3 Å². The minimum absolute atomic E-state index is 0.381. The molecule has 0 aliphatic rings. The average Bonchev–Trinajstić information content (AvgIpc) is 1.86. The van der Waals surface area contributed by atoms with E-state index in [1.165, 1.54) is 13.0 Å². The van der Waals surface area contributed by atoms with Crippen LogP contribution in [0.2, 0.25) is 0 Å². The highest BCUT2D eigenvalue weighted by atomic mass is 19.1. The molecule has 1 atom stereocenters. The highest BCUT2D eigenvalue weighted by molar-refractivity contribution is 5.17. The summed E-state index contributed by atoms with van der Waals surface area (Å²) in [5.74, 6) is 0. The van der Waals surface area contributed by atoms with Crippen LogP contribution < -0.4 is 0 Å². The van der Waals surface area contributed by atoms with Gasteiger partial charge in [-0.2, -0.15) is 5.26 Å². The van der Waals surface area contributed by atoms with Gasteiger partial charge >= 0.3 is 0 Å². The van der Waals surface area contributed by atoms with E-state index in [0.29, 0.717) is 6.42 Å². The Morgan fingerprint density at radius 1 is 1.73 bits per heavy atom. The number of hydrogen-bond donors (Lipinski definition) is 0. The zero-order valence-electron chi connectivity index (χ0n) is 6.84. The molecule has 0 aliphatic heterocycles. The van der Waals surface area contributed by atoms with Crippen LogP contribution >= 0.6 is 0 Å². The molecule has 0 aromatic heterocycles. The third kappa shape index (κ3) is 6.79. The third-order valence-electron chi connectivity index (χ3n) is 1.08. The second-order valence-corrected chi connectivity index (χ2v) is 2.35. The maximum Gasteiger partial charge on any atom is 0.116 e. The molecule has 0 spiro atoms. The van der Waals surface area contributed by atoms with Gasteiger partial charge in [-0.05, 0) is 19.9 Å². The molecule has 11 heavy (non-hydrogen) atoms. The first-order chi connectivity index (χ1) is 5.16. The lowest BCUT2D eigenvalue weighted by Crippen LogP contribution is -1.85. The predicted octanol–water partition coefficient (Wildman–Crippen LogP) is 2.76. The van der Waals surface area contributed by atoms with E-state index in [0.717, 1.165) is 5.57 Å². The highest BCUT2D eigenvalue weighted by Gasteiger charge is 1.89. The molecular weight excluding hydrogens is 141 g/mol. The number of rotatable bonds is 3. The first kappa shape index (κ1) is 9.90. The van der Waals surface area contributed by atoms with Crippen LogP contribution in [0.25, 0.3) is 0 Å². The molecule has 0 rings (SSSR count). The fourth-order valence-electron chi connectivity index (χ4n) is 0.715. The zero-order chi connectivity index (χ0) is 8.69. The van der Waals surface area contributed by atoms with Crippen molar-refractivity contribution in [3.05, 3.63) is 23.8 Å². The van der Waals surface area contributed by atoms with Gasteiger partial charge in [0.15, 0.2) is 0 Å². The minimum Gasteiger partial charge on any atom is -0.243 e. The van der Waals surface area contributed by atoms with Crippen LogP contribution in [-0.4, -0.2) is 6.17 Å². The Morgan fingerprint density at radius 3 is 2.82 bits per heavy atom. The Bertz CT molecular complexity index is 196. The van der Waals surface area contributed by atoms with E-state index in [1.807, 2.05) is 13.0 Å². The summed E-state index contributed by atoms with van der Waals surface area (Å²) >= 11 is 0. The number of nitrogens with zero attached hydrogens (tertiary/aromatic N) is 1. The summed E-state index contributed by atoms with van der Waals surface area (Å²) in [6.07, 6.45) is 4.44. The van der Waals surface area contributed by atoms with Gasteiger partial charge in [0.05, 0.1) is 12.5 Å². The van der Waals surface area contributed by atoms with E-state index >= 15 is 0 Å². The maximum atomic E-state index is 12.3. The lowest BCUT2D eigenvalue weighted by atomic mass is 10.2. The molecular formula is C9H12FN. The lowest BCUT2D eigenvalue weighted by Gasteiger charge is -1.92. The SMILES string of the molecule is CC(/C=C\CC#N)=C/C(C)F. The van der Waals surface area contributed by atoms with Crippen molar-refractivity contribution in [1.82, 2.24) is 0 Å². The quantitative estimate of drug-likeness (QED) is 0.572. The Morgan fingerprint density at radius 2 is 2.36 bits per heavy atom. The van der Waals surface area contributed by atoms with Crippen molar-refractivity contribution in [1.29, 1.82) is 5.26 Å². The molecule has 0 aromatic rings. The Kier molecular flexibility index (Phi) is 5.10. The van der Waals surface area contributed by atoms with Crippen LogP contribution in [0.4, 0.5) is 4.39 Å². The second kappa shape index (κ2) is 5.67. The van der Waals surface area contributed by atoms with Crippen molar-refractivity contribution < 1.29 is 4.39 Å². The van der Waals surface area contributed by atoms with Crippen molar-refractivity contribution >= 4 is 0 Å². The molecule has 0 bridgehead atoms. The van der Waals surface area contributed by atoms with E-state index in [-0.39, 0.29) is 0 Å². The molecule has 1 nitrogen and oxygen atoms in total. The van der Waals surface area contributed by atoms with Gasteiger partial charge in [-0.15, -0.1) is 0 Å². The van der Waals surface area contributed by atoms with Crippen molar-refractivity contribution in [3.8, 4) is 6.07 Å². The number of allylic oxidation sites excluding steroid dienone is 4.